The van der Waals surface area contributed by atoms with Gasteiger partial charge in [-0.2, -0.15) is 5.48 Å². The minimum absolute atomic E-state index is 0.0134. The SMILES string of the molecule is O=C(N[C@@H]1C(=O)Nc2ccccc2O[C@H]1c1ccccc1)[C@@H](NOC1CCCCC1)c1ccc(F)cc1. The van der Waals surface area contributed by atoms with Crippen LogP contribution < -0.4 is 20.9 Å². The molecule has 8 heteroatoms. The van der Waals surface area contributed by atoms with Crippen LogP contribution in [0.25, 0.3) is 0 Å². The van der Waals surface area contributed by atoms with Gasteiger partial charge >= 0.3 is 0 Å². The van der Waals surface area contributed by atoms with Crippen LogP contribution in [0.15, 0.2) is 78.9 Å². The number of amides is 2. The number of hydrogen-bond donors (Lipinski definition) is 3. The maximum absolute atomic E-state index is 13.7. The summed E-state index contributed by atoms with van der Waals surface area (Å²) in [5.41, 5.74) is 4.69. The summed E-state index contributed by atoms with van der Waals surface area (Å²) in [6.07, 6.45) is 4.32. The molecule has 37 heavy (non-hydrogen) atoms. The number of hydrogen-bond acceptors (Lipinski definition) is 5. The molecular formula is C29H30FN3O4. The third-order valence-electron chi connectivity index (χ3n) is 6.78. The third-order valence-corrected chi connectivity index (χ3v) is 6.78. The second kappa shape index (κ2) is 11.5. The molecule has 3 aromatic rings. The summed E-state index contributed by atoms with van der Waals surface area (Å²) in [6, 6.07) is 20.1. The first kappa shape index (κ1) is 24.9. The Kier molecular flexibility index (Phi) is 7.77. The predicted molar refractivity (Wildman–Crippen MR) is 137 cm³/mol. The van der Waals surface area contributed by atoms with Crippen LogP contribution in [0.4, 0.5) is 10.1 Å². The van der Waals surface area contributed by atoms with Crippen molar-refractivity contribution >= 4 is 17.5 Å². The maximum atomic E-state index is 13.7. The fourth-order valence-corrected chi connectivity index (χ4v) is 4.78. The maximum Gasteiger partial charge on any atom is 0.251 e. The molecule has 0 radical (unpaired) electrons. The van der Waals surface area contributed by atoms with Crippen molar-refractivity contribution in [3.63, 3.8) is 0 Å². The van der Waals surface area contributed by atoms with E-state index in [1.165, 1.54) is 30.7 Å². The van der Waals surface area contributed by atoms with Crippen molar-refractivity contribution in [2.75, 3.05) is 5.32 Å². The fraction of sp³-hybridized carbons (Fsp3) is 0.310. The summed E-state index contributed by atoms with van der Waals surface area (Å²) in [5, 5.41) is 5.75. The first-order valence-electron chi connectivity index (χ1n) is 12.7. The van der Waals surface area contributed by atoms with Gasteiger partial charge < -0.3 is 15.4 Å². The molecule has 192 valence electrons. The zero-order valence-corrected chi connectivity index (χ0v) is 20.4. The highest BCUT2D eigenvalue weighted by Crippen LogP contribution is 2.34. The molecule has 0 spiro atoms. The van der Waals surface area contributed by atoms with Gasteiger partial charge in [0.2, 0.25) is 5.91 Å². The molecule has 0 unspecified atom stereocenters. The van der Waals surface area contributed by atoms with Gasteiger partial charge in [0, 0.05) is 0 Å². The summed E-state index contributed by atoms with van der Waals surface area (Å²) in [7, 11) is 0. The number of fused-ring (bicyclic) bond motifs is 1. The van der Waals surface area contributed by atoms with E-state index in [9.17, 15) is 14.0 Å². The minimum Gasteiger partial charge on any atom is -0.481 e. The van der Waals surface area contributed by atoms with E-state index >= 15 is 0 Å². The van der Waals surface area contributed by atoms with Crippen molar-refractivity contribution < 1.29 is 23.6 Å². The van der Waals surface area contributed by atoms with Crippen LogP contribution in [0.2, 0.25) is 0 Å². The molecule has 5 rings (SSSR count). The number of rotatable bonds is 7. The van der Waals surface area contributed by atoms with Crippen LogP contribution in [-0.4, -0.2) is 24.0 Å². The molecule has 0 aromatic heterocycles. The van der Waals surface area contributed by atoms with Crippen molar-refractivity contribution in [2.24, 2.45) is 0 Å². The van der Waals surface area contributed by atoms with Crippen molar-refractivity contribution in [1.82, 2.24) is 10.8 Å². The van der Waals surface area contributed by atoms with Gasteiger partial charge in [-0.3, -0.25) is 14.4 Å². The monoisotopic (exact) mass is 503 g/mol. The number of anilines is 1. The predicted octanol–water partition coefficient (Wildman–Crippen LogP) is 4.98. The quantitative estimate of drug-likeness (QED) is 0.396. The van der Waals surface area contributed by atoms with E-state index in [4.69, 9.17) is 9.57 Å². The molecule has 0 bridgehead atoms. The average molecular weight is 504 g/mol. The van der Waals surface area contributed by atoms with Gasteiger partial charge in [-0.05, 0) is 48.2 Å². The number of para-hydroxylation sites is 2. The number of carbonyl (C=O) groups excluding carboxylic acids is 2. The smallest absolute Gasteiger partial charge is 0.251 e. The summed E-state index contributed by atoms with van der Waals surface area (Å²) in [5.74, 6) is -0.791. The van der Waals surface area contributed by atoms with Gasteiger partial charge in [0.25, 0.3) is 5.91 Å². The molecule has 1 heterocycles. The largest absolute Gasteiger partial charge is 0.481 e. The number of hydroxylamine groups is 1. The van der Waals surface area contributed by atoms with E-state index in [1.807, 2.05) is 36.4 Å². The lowest BCUT2D eigenvalue weighted by atomic mass is 9.98. The van der Waals surface area contributed by atoms with E-state index in [2.05, 4.69) is 16.1 Å². The van der Waals surface area contributed by atoms with Crippen LogP contribution >= 0.6 is 0 Å². The van der Waals surface area contributed by atoms with Gasteiger partial charge in [-0.25, -0.2) is 4.39 Å². The van der Waals surface area contributed by atoms with Gasteiger partial charge in [-0.1, -0.05) is 73.9 Å². The first-order chi connectivity index (χ1) is 18.1. The van der Waals surface area contributed by atoms with Crippen LogP contribution in [0.5, 0.6) is 5.75 Å². The summed E-state index contributed by atoms with van der Waals surface area (Å²) >= 11 is 0. The molecule has 3 atom stereocenters. The van der Waals surface area contributed by atoms with Gasteiger partial charge in [0.05, 0.1) is 11.8 Å². The van der Waals surface area contributed by atoms with E-state index in [1.54, 1.807) is 18.2 Å². The van der Waals surface area contributed by atoms with E-state index in [0.29, 0.717) is 17.0 Å². The first-order valence-corrected chi connectivity index (χ1v) is 12.7. The standard InChI is InChI=1S/C29H30FN3O4/c30-21-17-15-19(16-18-21)25(33-37-22-11-5-2-6-12-22)28(34)32-26-27(20-9-3-1-4-10-20)36-24-14-8-7-13-23(24)31-29(26)35/h1,3-4,7-10,13-18,22,25-27,33H,2,5-6,11-12H2,(H,31,35)(H,32,34)/t25-,26-,27-/m0/s1. The molecule has 7 nitrogen and oxygen atoms in total. The number of halogens is 1. The van der Waals surface area contributed by atoms with Gasteiger partial charge in [0.1, 0.15) is 23.7 Å². The van der Waals surface area contributed by atoms with Crippen molar-refractivity contribution in [1.29, 1.82) is 0 Å². The second-order valence-electron chi connectivity index (χ2n) is 9.40. The number of ether oxygens (including phenoxy) is 1. The Balaban J connectivity index is 1.42. The number of nitrogens with one attached hydrogen (secondary N) is 3. The lowest BCUT2D eigenvalue weighted by Crippen LogP contribution is -2.51. The zero-order chi connectivity index (χ0) is 25.6. The van der Waals surface area contributed by atoms with E-state index < -0.39 is 35.8 Å². The molecule has 1 saturated carbocycles. The summed E-state index contributed by atoms with van der Waals surface area (Å²) in [4.78, 5) is 33.0. The molecule has 2 aliphatic rings. The molecule has 1 aliphatic heterocycles. The Bertz CT molecular complexity index is 1220. The molecule has 1 fully saturated rings. The highest BCUT2D eigenvalue weighted by Gasteiger charge is 2.38. The highest BCUT2D eigenvalue weighted by molar-refractivity contribution is 6.00. The van der Waals surface area contributed by atoms with Gasteiger partial charge in [0.15, 0.2) is 6.10 Å². The Morgan fingerprint density at radius 1 is 0.946 bits per heavy atom. The van der Waals surface area contributed by atoms with Crippen LogP contribution in [-0.2, 0) is 14.4 Å². The highest BCUT2D eigenvalue weighted by atomic mass is 19.1. The van der Waals surface area contributed by atoms with Crippen LogP contribution in [0.1, 0.15) is 55.4 Å². The fourth-order valence-electron chi connectivity index (χ4n) is 4.78. The summed E-state index contributed by atoms with van der Waals surface area (Å²) < 4.78 is 19.9. The van der Waals surface area contributed by atoms with Crippen molar-refractivity contribution in [3.05, 3.63) is 95.8 Å². The molecule has 1 aliphatic carbocycles. The average Bonchev–Trinajstić information content (AvgIpc) is 3.07. The lowest BCUT2D eigenvalue weighted by molar-refractivity contribution is -0.135. The molecule has 3 aromatic carbocycles. The number of benzene rings is 3. The molecule has 3 N–H and O–H groups in total. The number of carbonyl (C=O) groups is 2. The lowest BCUT2D eigenvalue weighted by Gasteiger charge is -2.29. The molecule has 2 amide bonds. The Hall–Kier alpha value is -3.75. The van der Waals surface area contributed by atoms with Crippen molar-refractivity contribution in [2.45, 2.75) is 56.4 Å². The van der Waals surface area contributed by atoms with Gasteiger partial charge in [-0.15, -0.1) is 0 Å². The Morgan fingerprint density at radius 2 is 1.65 bits per heavy atom. The zero-order valence-electron chi connectivity index (χ0n) is 20.4. The normalized spacial score (nSPS) is 20.6. The van der Waals surface area contributed by atoms with Crippen molar-refractivity contribution in [3.8, 4) is 5.75 Å². The van der Waals surface area contributed by atoms with E-state index in [-0.39, 0.29) is 6.10 Å². The van der Waals surface area contributed by atoms with Crippen LogP contribution in [0, 0.1) is 5.82 Å². The van der Waals surface area contributed by atoms with E-state index in [0.717, 1.165) is 31.2 Å². The molecular weight excluding hydrogens is 473 g/mol. The molecule has 0 saturated heterocycles. The Morgan fingerprint density at radius 3 is 2.41 bits per heavy atom. The topological polar surface area (TPSA) is 88.7 Å². The minimum atomic E-state index is -1.04. The van der Waals surface area contributed by atoms with Crippen LogP contribution in [0.3, 0.4) is 0 Å². The second-order valence-corrected chi connectivity index (χ2v) is 9.40. The summed E-state index contributed by atoms with van der Waals surface area (Å²) in [6.45, 7) is 0. The Labute approximate surface area is 215 Å². The third kappa shape index (κ3) is 5.98.